The fourth-order valence-corrected chi connectivity index (χ4v) is 4.71. The van der Waals surface area contributed by atoms with Gasteiger partial charge in [0.1, 0.15) is 0 Å². The molecule has 120 valence electrons. The summed E-state index contributed by atoms with van der Waals surface area (Å²) in [6.45, 7) is 3.10. The molecule has 4 heterocycles. The van der Waals surface area contributed by atoms with Crippen molar-refractivity contribution in [3.05, 3.63) is 52.5 Å². The van der Waals surface area contributed by atoms with Gasteiger partial charge in [0, 0.05) is 49.9 Å². The van der Waals surface area contributed by atoms with E-state index in [1.54, 1.807) is 11.3 Å². The number of thiophene rings is 1. The van der Waals surface area contributed by atoms with Crippen molar-refractivity contribution in [1.82, 2.24) is 15.2 Å². The minimum Gasteiger partial charge on any atom is -0.350 e. The second kappa shape index (κ2) is 6.06. The first kappa shape index (κ1) is 14.8. The highest BCUT2D eigenvalue weighted by Crippen LogP contribution is 2.43. The Labute approximate surface area is 140 Å². The van der Waals surface area contributed by atoms with Gasteiger partial charge in [-0.3, -0.25) is 14.7 Å². The summed E-state index contributed by atoms with van der Waals surface area (Å²) in [7, 11) is 0. The highest BCUT2D eigenvalue weighted by atomic mass is 32.1. The number of likely N-dealkylation sites (tertiary alicyclic amines) is 1. The van der Waals surface area contributed by atoms with Crippen molar-refractivity contribution in [3.8, 4) is 0 Å². The fraction of sp³-hybridized carbons (Fsp3) is 0.444. The van der Waals surface area contributed by atoms with Crippen LogP contribution in [0.3, 0.4) is 0 Å². The Hall–Kier alpha value is -1.72. The van der Waals surface area contributed by atoms with Crippen LogP contribution in [0.2, 0.25) is 0 Å². The summed E-state index contributed by atoms with van der Waals surface area (Å²) in [6.07, 6.45) is 6.31. The van der Waals surface area contributed by atoms with E-state index in [1.807, 2.05) is 12.4 Å². The molecule has 1 amide bonds. The van der Waals surface area contributed by atoms with E-state index in [2.05, 4.69) is 44.2 Å². The van der Waals surface area contributed by atoms with E-state index in [1.165, 1.54) is 11.1 Å². The van der Waals surface area contributed by atoms with Crippen molar-refractivity contribution in [2.75, 3.05) is 13.1 Å². The number of pyridine rings is 1. The van der Waals surface area contributed by atoms with Crippen molar-refractivity contribution in [3.63, 3.8) is 0 Å². The van der Waals surface area contributed by atoms with Gasteiger partial charge in [-0.1, -0.05) is 0 Å². The lowest BCUT2D eigenvalue weighted by atomic mass is 9.74. The van der Waals surface area contributed by atoms with Gasteiger partial charge in [-0.2, -0.15) is 11.3 Å². The largest absolute Gasteiger partial charge is 0.350 e. The van der Waals surface area contributed by atoms with E-state index in [-0.39, 0.29) is 17.4 Å². The highest BCUT2D eigenvalue weighted by Gasteiger charge is 2.48. The van der Waals surface area contributed by atoms with Crippen molar-refractivity contribution >= 4 is 17.2 Å². The Balaban J connectivity index is 1.49. The number of amides is 1. The van der Waals surface area contributed by atoms with Crippen molar-refractivity contribution in [2.24, 2.45) is 0 Å². The summed E-state index contributed by atoms with van der Waals surface area (Å²) in [5, 5.41) is 7.67. The van der Waals surface area contributed by atoms with E-state index in [4.69, 9.17) is 0 Å². The lowest BCUT2D eigenvalue weighted by Crippen LogP contribution is -2.53. The molecule has 0 aromatic carbocycles. The molecule has 2 saturated heterocycles. The molecule has 0 bridgehead atoms. The maximum atomic E-state index is 12.1. The van der Waals surface area contributed by atoms with Gasteiger partial charge in [-0.15, -0.1) is 0 Å². The predicted octanol–water partition coefficient (Wildman–Crippen LogP) is 2.78. The molecule has 23 heavy (non-hydrogen) atoms. The lowest BCUT2D eigenvalue weighted by molar-refractivity contribution is -0.120. The number of piperidine rings is 1. The number of nitrogens with one attached hydrogen (secondary N) is 1. The molecule has 2 aromatic rings. The van der Waals surface area contributed by atoms with E-state index >= 15 is 0 Å². The third kappa shape index (κ3) is 2.91. The quantitative estimate of drug-likeness (QED) is 0.943. The molecule has 2 aliphatic heterocycles. The zero-order valence-corrected chi connectivity index (χ0v) is 13.9. The molecule has 0 unspecified atom stereocenters. The van der Waals surface area contributed by atoms with Crippen LogP contribution < -0.4 is 5.32 Å². The smallest absolute Gasteiger partial charge is 0.221 e. The number of hydrogen-bond donors (Lipinski definition) is 1. The first-order chi connectivity index (χ1) is 11.3. The second-order valence-corrected chi connectivity index (χ2v) is 7.43. The molecule has 4 nitrogen and oxygen atoms in total. The van der Waals surface area contributed by atoms with Crippen LogP contribution in [0.4, 0.5) is 0 Å². The zero-order chi connectivity index (χ0) is 15.7. The summed E-state index contributed by atoms with van der Waals surface area (Å²) in [4.78, 5) is 18.7. The van der Waals surface area contributed by atoms with Gasteiger partial charge in [-0.25, -0.2) is 0 Å². The molecule has 2 aromatic heterocycles. The topological polar surface area (TPSA) is 45.2 Å². The molecular weight excluding hydrogens is 306 g/mol. The predicted molar refractivity (Wildman–Crippen MR) is 91.3 cm³/mol. The van der Waals surface area contributed by atoms with Crippen LogP contribution in [-0.4, -0.2) is 34.4 Å². The molecule has 2 aliphatic rings. The van der Waals surface area contributed by atoms with Crippen LogP contribution in [0.1, 0.15) is 36.3 Å². The lowest BCUT2D eigenvalue weighted by Gasteiger charge is -2.43. The number of carbonyl (C=O) groups is 1. The summed E-state index contributed by atoms with van der Waals surface area (Å²) in [5.41, 5.74) is 2.57. The Morgan fingerprint density at radius 2 is 2.04 bits per heavy atom. The van der Waals surface area contributed by atoms with E-state index in [0.717, 1.165) is 32.5 Å². The SMILES string of the molecule is O=C1C[C@H](c2ccncc2)C2(CCN(Cc3ccsc3)CC2)N1. The van der Waals surface area contributed by atoms with Gasteiger partial charge in [0.15, 0.2) is 0 Å². The van der Waals surface area contributed by atoms with E-state index < -0.39 is 0 Å². The molecule has 0 aliphatic carbocycles. The van der Waals surface area contributed by atoms with Crippen LogP contribution in [-0.2, 0) is 11.3 Å². The molecule has 0 saturated carbocycles. The minimum atomic E-state index is -0.0659. The number of nitrogens with zero attached hydrogens (tertiary/aromatic N) is 2. The Bertz CT molecular complexity index is 663. The molecule has 5 heteroatoms. The maximum absolute atomic E-state index is 12.1. The van der Waals surface area contributed by atoms with Crippen LogP contribution in [0.15, 0.2) is 41.4 Å². The van der Waals surface area contributed by atoms with Crippen molar-refractivity contribution < 1.29 is 4.79 Å². The summed E-state index contributed by atoms with van der Waals surface area (Å²) in [6, 6.07) is 6.32. The molecule has 1 atom stereocenters. The monoisotopic (exact) mass is 327 g/mol. The van der Waals surface area contributed by atoms with Crippen LogP contribution in [0, 0.1) is 0 Å². The van der Waals surface area contributed by atoms with Gasteiger partial charge in [0.05, 0.1) is 0 Å². The van der Waals surface area contributed by atoms with Crippen LogP contribution in [0.5, 0.6) is 0 Å². The Morgan fingerprint density at radius 1 is 1.26 bits per heavy atom. The number of rotatable bonds is 3. The number of hydrogen-bond acceptors (Lipinski definition) is 4. The molecule has 4 rings (SSSR count). The van der Waals surface area contributed by atoms with Gasteiger partial charge < -0.3 is 5.32 Å². The maximum Gasteiger partial charge on any atom is 0.221 e. The third-order valence-electron chi connectivity index (χ3n) is 5.29. The highest BCUT2D eigenvalue weighted by molar-refractivity contribution is 7.07. The molecule has 0 radical (unpaired) electrons. The summed E-state index contributed by atoms with van der Waals surface area (Å²) < 4.78 is 0. The first-order valence-corrected chi connectivity index (χ1v) is 9.14. The normalized spacial score (nSPS) is 24.0. The Kier molecular flexibility index (Phi) is 3.91. The van der Waals surface area contributed by atoms with E-state index in [0.29, 0.717) is 6.42 Å². The first-order valence-electron chi connectivity index (χ1n) is 8.20. The van der Waals surface area contributed by atoms with Crippen molar-refractivity contribution in [2.45, 2.75) is 37.3 Å². The number of carbonyl (C=O) groups excluding carboxylic acids is 1. The summed E-state index contributed by atoms with van der Waals surface area (Å²) in [5.74, 6) is 0.472. The second-order valence-electron chi connectivity index (χ2n) is 6.65. The summed E-state index contributed by atoms with van der Waals surface area (Å²) >= 11 is 1.76. The van der Waals surface area contributed by atoms with Gasteiger partial charge in [0.2, 0.25) is 5.91 Å². The number of aromatic nitrogens is 1. The molecule has 1 N–H and O–H groups in total. The van der Waals surface area contributed by atoms with Gasteiger partial charge in [-0.05, 0) is 52.9 Å². The van der Waals surface area contributed by atoms with Crippen LogP contribution in [0.25, 0.3) is 0 Å². The van der Waals surface area contributed by atoms with E-state index in [9.17, 15) is 4.79 Å². The minimum absolute atomic E-state index is 0.0659. The average molecular weight is 327 g/mol. The fourth-order valence-electron chi connectivity index (χ4n) is 4.05. The third-order valence-corrected chi connectivity index (χ3v) is 6.02. The zero-order valence-electron chi connectivity index (χ0n) is 13.1. The van der Waals surface area contributed by atoms with Crippen molar-refractivity contribution in [1.29, 1.82) is 0 Å². The van der Waals surface area contributed by atoms with Gasteiger partial charge >= 0.3 is 0 Å². The molecule has 2 fully saturated rings. The molecular formula is C18H21N3OS. The van der Waals surface area contributed by atoms with Crippen LogP contribution >= 0.6 is 11.3 Å². The van der Waals surface area contributed by atoms with Gasteiger partial charge in [0.25, 0.3) is 0 Å². The molecule has 1 spiro atoms. The Morgan fingerprint density at radius 3 is 2.74 bits per heavy atom. The average Bonchev–Trinajstić information content (AvgIpc) is 3.19. The standard InChI is InChI=1S/C18H21N3OS/c22-17-11-16(15-1-6-19-7-2-15)18(20-17)4-8-21(9-5-18)12-14-3-10-23-13-14/h1-3,6-7,10,13,16H,4-5,8-9,11-12H2,(H,20,22)/t16-/m1/s1.